The molecule has 0 unspecified atom stereocenters. The number of piperidine rings is 1. The Hall–Kier alpha value is -1.60. The van der Waals surface area contributed by atoms with Crippen LogP contribution in [0.1, 0.15) is 35.6 Å². The van der Waals surface area contributed by atoms with Gasteiger partial charge in [-0.05, 0) is 58.9 Å². The molecular formula is C18H26N4O2S. The van der Waals surface area contributed by atoms with Gasteiger partial charge in [0.15, 0.2) is 5.16 Å². The summed E-state index contributed by atoms with van der Waals surface area (Å²) < 4.78 is 11.2. The van der Waals surface area contributed by atoms with Crippen molar-refractivity contribution in [3.63, 3.8) is 0 Å². The second-order valence-corrected chi connectivity index (χ2v) is 7.46. The molecule has 0 atom stereocenters. The van der Waals surface area contributed by atoms with Gasteiger partial charge >= 0.3 is 0 Å². The molecule has 2 aromatic rings. The maximum atomic E-state index is 6.05. The minimum absolute atomic E-state index is 0.572. The van der Waals surface area contributed by atoms with E-state index in [9.17, 15) is 0 Å². The molecule has 7 heteroatoms. The van der Waals surface area contributed by atoms with Gasteiger partial charge in [-0.1, -0.05) is 16.9 Å². The minimum Gasteiger partial charge on any atom is -0.477 e. The van der Waals surface area contributed by atoms with Crippen LogP contribution in [0.5, 0.6) is 5.88 Å². The van der Waals surface area contributed by atoms with Crippen LogP contribution in [0.4, 0.5) is 0 Å². The molecule has 1 fully saturated rings. The summed E-state index contributed by atoms with van der Waals surface area (Å²) in [5.74, 6) is 2.18. The average molecular weight is 362 g/mol. The van der Waals surface area contributed by atoms with Gasteiger partial charge in [0.25, 0.3) is 0 Å². The van der Waals surface area contributed by atoms with Gasteiger partial charge in [0.2, 0.25) is 5.88 Å². The van der Waals surface area contributed by atoms with E-state index >= 15 is 0 Å². The number of likely N-dealkylation sites (tertiary alicyclic amines) is 1. The zero-order chi connectivity index (χ0) is 17.8. The molecule has 0 aromatic carbocycles. The zero-order valence-corrected chi connectivity index (χ0v) is 16.2. The van der Waals surface area contributed by atoms with Gasteiger partial charge in [-0.25, -0.2) is 4.98 Å². The van der Waals surface area contributed by atoms with E-state index in [0.29, 0.717) is 5.92 Å². The standard InChI is InChI=1S/C18H26N4O2S/c1-12-9-16(21-24-12)10-22-7-5-15(6-8-22)11-23-17-13(2)14(3)19-18(20-17)25-4/h9,15H,5-8,10-11H2,1-4H3. The van der Waals surface area contributed by atoms with E-state index < -0.39 is 0 Å². The van der Waals surface area contributed by atoms with Crippen LogP contribution >= 0.6 is 11.8 Å². The first kappa shape index (κ1) is 18.2. The van der Waals surface area contributed by atoms with Gasteiger partial charge in [-0.2, -0.15) is 4.98 Å². The van der Waals surface area contributed by atoms with E-state index in [1.165, 1.54) is 0 Å². The van der Waals surface area contributed by atoms with Gasteiger partial charge in [0, 0.05) is 23.9 Å². The number of hydrogen-bond acceptors (Lipinski definition) is 7. The number of aromatic nitrogens is 3. The Morgan fingerprint density at radius 1 is 1.24 bits per heavy atom. The van der Waals surface area contributed by atoms with E-state index in [0.717, 1.165) is 72.8 Å². The summed E-state index contributed by atoms with van der Waals surface area (Å²) in [4.78, 5) is 11.4. The Bertz CT molecular complexity index is 711. The van der Waals surface area contributed by atoms with Crippen molar-refractivity contribution in [3.8, 4) is 5.88 Å². The SMILES string of the molecule is CSc1nc(C)c(C)c(OCC2CCN(Cc3cc(C)on3)CC2)n1. The number of rotatable bonds is 6. The molecule has 1 aliphatic heterocycles. The molecule has 0 amide bonds. The number of nitrogens with zero attached hydrogens (tertiary/aromatic N) is 4. The lowest BCUT2D eigenvalue weighted by Gasteiger charge is -2.31. The van der Waals surface area contributed by atoms with Crippen LogP contribution in [0.3, 0.4) is 0 Å². The fraction of sp³-hybridized carbons (Fsp3) is 0.611. The molecule has 136 valence electrons. The maximum Gasteiger partial charge on any atom is 0.220 e. The maximum absolute atomic E-state index is 6.05. The van der Waals surface area contributed by atoms with Crippen molar-refractivity contribution in [2.24, 2.45) is 5.92 Å². The van der Waals surface area contributed by atoms with Crippen molar-refractivity contribution in [1.82, 2.24) is 20.0 Å². The Morgan fingerprint density at radius 3 is 2.64 bits per heavy atom. The largest absolute Gasteiger partial charge is 0.477 e. The topological polar surface area (TPSA) is 64.3 Å². The quantitative estimate of drug-likeness (QED) is 0.576. The molecule has 1 aliphatic rings. The summed E-state index contributed by atoms with van der Waals surface area (Å²) in [6.45, 7) is 9.69. The van der Waals surface area contributed by atoms with E-state index in [1.54, 1.807) is 11.8 Å². The smallest absolute Gasteiger partial charge is 0.220 e. The molecule has 0 bridgehead atoms. The number of hydrogen-bond donors (Lipinski definition) is 0. The Labute approximate surface area is 153 Å². The van der Waals surface area contributed by atoms with E-state index in [4.69, 9.17) is 9.26 Å². The zero-order valence-electron chi connectivity index (χ0n) is 15.4. The highest BCUT2D eigenvalue weighted by Crippen LogP contribution is 2.24. The normalized spacial score (nSPS) is 16.3. The third kappa shape index (κ3) is 4.73. The highest BCUT2D eigenvalue weighted by Gasteiger charge is 2.21. The molecule has 0 N–H and O–H groups in total. The van der Waals surface area contributed by atoms with Gasteiger partial charge in [-0.3, -0.25) is 4.90 Å². The summed E-state index contributed by atoms with van der Waals surface area (Å²) in [6.07, 6.45) is 4.25. The summed E-state index contributed by atoms with van der Waals surface area (Å²) in [5, 5.41) is 4.86. The predicted octanol–water partition coefficient (Wildman–Crippen LogP) is 3.40. The first-order valence-corrected chi connectivity index (χ1v) is 9.94. The van der Waals surface area contributed by atoms with Crippen molar-refractivity contribution < 1.29 is 9.26 Å². The molecule has 0 saturated carbocycles. The van der Waals surface area contributed by atoms with Gasteiger partial charge in [0.1, 0.15) is 5.76 Å². The second-order valence-electron chi connectivity index (χ2n) is 6.69. The van der Waals surface area contributed by atoms with Crippen molar-refractivity contribution in [3.05, 3.63) is 28.8 Å². The molecule has 3 heterocycles. The predicted molar refractivity (Wildman–Crippen MR) is 98.0 cm³/mol. The number of aryl methyl sites for hydroxylation is 2. The minimum atomic E-state index is 0.572. The summed E-state index contributed by atoms with van der Waals surface area (Å²) in [6, 6.07) is 2.01. The Morgan fingerprint density at radius 2 is 2.00 bits per heavy atom. The molecular weight excluding hydrogens is 336 g/mol. The summed E-state index contributed by atoms with van der Waals surface area (Å²) in [7, 11) is 0. The van der Waals surface area contributed by atoms with Crippen molar-refractivity contribution >= 4 is 11.8 Å². The second kappa shape index (κ2) is 8.19. The Kier molecular flexibility index (Phi) is 5.96. The fourth-order valence-corrected chi connectivity index (χ4v) is 3.44. The molecule has 25 heavy (non-hydrogen) atoms. The Balaban J connectivity index is 1.49. The van der Waals surface area contributed by atoms with E-state index in [-0.39, 0.29) is 0 Å². The molecule has 1 saturated heterocycles. The van der Waals surface area contributed by atoms with Crippen molar-refractivity contribution in [1.29, 1.82) is 0 Å². The van der Waals surface area contributed by atoms with Crippen LogP contribution in [0.2, 0.25) is 0 Å². The van der Waals surface area contributed by atoms with Crippen LogP contribution in [0.25, 0.3) is 0 Å². The third-order valence-corrected chi connectivity index (χ3v) is 5.28. The summed E-state index contributed by atoms with van der Waals surface area (Å²) >= 11 is 1.55. The molecule has 0 spiro atoms. The van der Waals surface area contributed by atoms with E-state index in [1.807, 2.05) is 33.1 Å². The summed E-state index contributed by atoms with van der Waals surface area (Å²) in [5.41, 5.74) is 3.05. The number of thioether (sulfide) groups is 1. The highest BCUT2D eigenvalue weighted by atomic mass is 32.2. The number of ether oxygens (including phenoxy) is 1. The van der Waals surface area contributed by atoms with Crippen LogP contribution < -0.4 is 4.74 Å². The monoisotopic (exact) mass is 362 g/mol. The van der Waals surface area contributed by atoms with Crippen LogP contribution in [0, 0.1) is 26.7 Å². The molecule has 2 aromatic heterocycles. The molecule has 0 aliphatic carbocycles. The average Bonchev–Trinajstić information content (AvgIpc) is 3.02. The highest BCUT2D eigenvalue weighted by molar-refractivity contribution is 7.98. The fourth-order valence-electron chi connectivity index (χ4n) is 3.04. The van der Waals surface area contributed by atoms with Crippen molar-refractivity contribution in [2.45, 2.75) is 45.3 Å². The van der Waals surface area contributed by atoms with Gasteiger partial charge < -0.3 is 9.26 Å². The molecule has 6 nitrogen and oxygen atoms in total. The molecule has 3 rings (SSSR count). The van der Waals surface area contributed by atoms with Crippen LogP contribution in [-0.4, -0.2) is 46.0 Å². The lowest BCUT2D eigenvalue weighted by molar-refractivity contribution is 0.131. The third-order valence-electron chi connectivity index (χ3n) is 4.73. The lowest BCUT2D eigenvalue weighted by atomic mass is 9.97. The van der Waals surface area contributed by atoms with E-state index in [2.05, 4.69) is 20.0 Å². The van der Waals surface area contributed by atoms with Gasteiger partial charge in [0.05, 0.1) is 12.3 Å². The molecule has 0 radical (unpaired) electrons. The lowest BCUT2D eigenvalue weighted by Crippen LogP contribution is -2.35. The van der Waals surface area contributed by atoms with Crippen molar-refractivity contribution in [2.75, 3.05) is 26.0 Å². The first-order valence-electron chi connectivity index (χ1n) is 8.71. The van der Waals surface area contributed by atoms with Crippen LogP contribution in [-0.2, 0) is 6.54 Å². The van der Waals surface area contributed by atoms with Gasteiger partial charge in [-0.15, -0.1) is 0 Å². The van der Waals surface area contributed by atoms with Crippen LogP contribution in [0.15, 0.2) is 15.7 Å². The first-order chi connectivity index (χ1) is 12.0.